The van der Waals surface area contributed by atoms with Gasteiger partial charge >= 0.3 is 0 Å². The van der Waals surface area contributed by atoms with Crippen LogP contribution in [0.25, 0.3) is 6.08 Å². The molecule has 0 fully saturated rings. The van der Waals surface area contributed by atoms with Crippen LogP contribution in [0.15, 0.2) is 46.4 Å². The molecule has 0 aromatic heterocycles. The van der Waals surface area contributed by atoms with Gasteiger partial charge in [-0.05, 0) is 57.9 Å². The van der Waals surface area contributed by atoms with Gasteiger partial charge in [-0.3, -0.25) is 4.79 Å². The fourth-order valence-electron chi connectivity index (χ4n) is 1.94. The van der Waals surface area contributed by atoms with Gasteiger partial charge in [0.1, 0.15) is 24.0 Å². The molecule has 0 radical (unpaired) electrons. The maximum atomic E-state index is 12.3. The molecule has 0 atom stereocenters. The molecular weight excluding hydrogens is 439 g/mol. The van der Waals surface area contributed by atoms with Crippen LogP contribution in [0.5, 0.6) is 5.75 Å². The van der Waals surface area contributed by atoms with Gasteiger partial charge in [0.15, 0.2) is 0 Å². The number of hydrogen-bond acceptors (Lipinski definition) is 3. The van der Waals surface area contributed by atoms with Gasteiger partial charge in [0.2, 0.25) is 0 Å². The highest BCUT2D eigenvalue weighted by atomic mass is 79.9. The molecule has 26 heavy (non-hydrogen) atoms. The van der Waals surface area contributed by atoms with Gasteiger partial charge < -0.3 is 10.1 Å². The summed E-state index contributed by atoms with van der Waals surface area (Å²) in [6.45, 7) is 0.139. The lowest BCUT2D eigenvalue weighted by Crippen LogP contribution is -2.13. The van der Waals surface area contributed by atoms with Crippen molar-refractivity contribution in [2.75, 3.05) is 11.9 Å². The van der Waals surface area contributed by atoms with E-state index >= 15 is 0 Å². The molecular formula is C19H11BrCl2N2O2. The number of nitrogens with zero attached hydrogens (tertiary/aromatic N) is 1. The second kappa shape index (κ2) is 9.31. The molecule has 7 heteroatoms. The highest BCUT2D eigenvalue weighted by Crippen LogP contribution is 2.28. The molecule has 0 unspecified atom stereocenters. The Hall–Kier alpha value is -2.44. The van der Waals surface area contributed by atoms with Crippen molar-refractivity contribution in [2.24, 2.45) is 0 Å². The molecule has 130 valence electrons. The number of nitrogens with one attached hydrogen (secondary N) is 1. The Morgan fingerprint density at radius 2 is 2.08 bits per heavy atom. The van der Waals surface area contributed by atoms with Crippen molar-refractivity contribution < 1.29 is 9.53 Å². The van der Waals surface area contributed by atoms with Crippen molar-refractivity contribution >= 4 is 56.8 Å². The highest BCUT2D eigenvalue weighted by Gasteiger charge is 2.12. The van der Waals surface area contributed by atoms with E-state index in [4.69, 9.17) is 34.4 Å². The summed E-state index contributed by atoms with van der Waals surface area (Å²) in [5, 5.41) is 12.6. The molecule has 1 N–H and O–H groups in total. The van der Waals surface area contributed by atoms with Crippen LogP contribution in [-0.4, -0.2) is 12.5 Å². The summed E-state index contributed by atoms with van der Waals surface area (Å²) in [5.74, 6) is 2.34. The number of anilines is 1. The second-order valence-corrected chi connectivity index (χ2v) is 6.63. The van der Waals surface area contributed by atoms with Crippen LogP contribution in [-0.2, 0) is 4.79 Å². The molecule has 2 aromatic carbocycles. The third-order valence-electron chi connectivity index (χ3n) is 3.12. The Balaban J connectivity index is 2.23. The number of benzene rings is 2. The predicted molar refractivity (Wildman–Crippen MR) is 107 cm³/mol. The summed E-state index contributed by atoms with van der Waals surface area (Å²) in [4.78, 5) is 12.3. The first kappa shape index (κ1) is 19.9. The first-order valence-corrected chi connectivity index (χ1v) is 8.73. The lowest BCUT2D eigenvalue weighted by molar-refractivity contribution is -0.112. The number of carbonyl (C=O) groups is 1. The lowest BCUT2D eigenvalue weighted by Gasteiger charge is -2.08. The van der Waals surface area contributed by atoms with Crippen molar-refractivity contribution in [1.82, 2.24) is 0 Å². The fraction of sp³-hybridized carbons (Fsp3) is 0.0526. The van der Waals surface area contributed by atoms with Gasteiger partial charge in [0, 0.05) is 5.02 Å². The summed E-state index contributed by atoms with van der Waals surface area (Å²) >= 11 is 15.3. The summed E-state index contributed by atoms with van der Waals surface area (Å²) in [6, 6.07) is 11.6. The van der Waals surface area contributed by atoms with Crippen LogP contribution >= 0.6 is 39.1 Å². The third kappa shape index (κ3) is 5.28. The topological polar surface area (TPSA) is 62.1 Å². The molecule has 0 saturated heterocycles. The molecule has 0 aliphatic carbocycles. The standard InChI is InChI=1S/C19H11BrCl2N2O2/c1-2-7-26-18-6-3-12(9-15(18)20)8-13(11-23)19(25)24-17-10-14(21)4-5-16(17)22/h1,3-6,8-10H,7H2,(H,24,25). The number of nitriles is 1. The number of terminal acetylenes is 1. The number of carbonyl (C=O) groups excluding carboxylic acids is 1. The Morgan fingerprint density at radius 3 is 2.73 bits per heavy atom. The second-order valence-electron chi connectivity index (χ2n) is 4.93. The molecule has 0 heterocycles. The van der Waals surface area contributed by atoms with Gasteiger partial charge in [-0.25, -0.2) is 0 Å². The lowest BCUT2D eigenvalue weighted by atomic mass is 10.1. The molecule has 1 amide bonds. The van der Waals surface area contributed by atoms with E-state index in [1.165, 1.54) is 12.1 Å². The zero-order valence-electron chi connectivity index (χ0n) is 13.2. The van der Waals surface area contributed by atoms with Crippen LogP contribution in [0.3, 0.4) is 0 Å². The van der Waals surface area contributed by atoms with Crippen LogP contribution in [0, 0.1) is 23.7 Å². The normalized spacial score (nSPS) is 10.6. The summed E-state index contributed by atoms with van der Waals surface area (Å²) in [5.41, 5.74) is 0.864. The quantitative estimate of drug-likeness (QED) is 0.382. The van der Waals surface area contributed by atoms with Crippen LogP contribution in [0.1, 0.15) is 5.56 Å². The summed E-state index contributed by atoms with van der Waals surface area (Å²) < 4.78 is 6.00. The molecule has 2 rings (SSSR count). The molecule has 0 saturated carbocycles. The molecule has 2 aromatic rings. The van der Waals surface area contributed by atoms with E-state index < -0.39 is 5.91 Å². The molecule has 0 aliphatic heterocycles. The first-order valence-electron chi connectivity index (χ1n) is 7.18. The monoisotopic (exact) mass is 448 g/mol. The predicted octanol–water partition coefficient (Wildman–Crippen LogP) is 5.31. The minimum absolute atomic E-state index is 0.0924. The van der Waals surface area contributed by atoms with Crippen LogP contribution < -0.4 is 10.1 Å². The van der Waals surface area contributed by atoms with Gasteiger partial charge in [0.25, 0.3) is 5.91 Å². The number of halogens is 3. The summed E-state index contributed by atoms with van der Waals surface area (Å²) in [7, 11) is 0. The number of hydrogen-bond donors (Lipinski definition) is 1. The Bertz CT molecular complexity index is 959. The molecule has 4 nitrogen and oxygen atoms in total. The van der Waals surface area contributed by atoms with E-state index in [2.05, 4.69) is 27.2 Å². The van der Waals surface area contributed by atoms with E-state index in [-0.39, 0.29) is 12.2 Å². The van der Waals surface area contributed by atoms with Crippen molar-refractivity contribution in [3.05, 3.63) is 62.1 Å². The van der Waals surface area contributed by atoms with Crippen molar-refractivity contribution in [3.8, 4) is 24.2 Å². The smallest absolute Gasteiger partial charge is 0.266 e. The van der Waals surface area contributed by atoms with Crippen LogP contribution in [0.4, 0.5) is 5.69 Å². The number of ether oxygens (including phenoxy) is 1. The third-order valence-corrected chi connectivity index (χ3v) is 4.30. The van der Waals surface area contributed by atoms with E-state index in [1.54, 1.807) is 30.3 Å². The highest BCUT2D eigenvalue weighted by molar-refractivity contribution is 9.10. The van der Waals surface area contributed by atoms with Crippen molar-refractivity contribution in [2.45, 2.75) is 0 Å². The van der Waals surface area contributed by atoms with Crippen molar-refractivity contribution in [3.63, 3.8) is 0 Å². The number of amides is 1. The Kier molecular flexibility index (Phi) is 7.12. The Labute approximate surface area is 169 Å². The van der Waals surface area contributed by atoms with E-state index in [0.29, 0.717) is 31.5 Å². The molecule has 0 bridgehead atoms. The van der Waals surface area contributed by atoms with Gasteiger partial charge in [-0.15, -0.1) is 6.42 Å². The first-order chi connectivity index (χ1) is 12.4. The zero-order chi connectivity index (χ0) is 19.1. The maximum absolute atomic E-state index is 12.3. The van der Waals surface area contributed by atoms with Gasteiger partial charge in [0.05, 0.1) is 15.2 Å². The molecule has 0 aliphatic rings. The molecule has 0 spiro atoms. The zero-order valence-corrected chi connectivity index (χ0v) is 16.3. The largest absolute Gasteiger partial charge is 0.480 e. The van der Waals surface area contributed by atoms with E-state index in [0.717, 1.165) is 0 Å². The minimum atomic E-state index is -0.597. The average molecular weight is 450 g/mol. The Morgan fingerprint density at radius 1 is 1.31 bits per heavy atom. The van der Waals surface area contributed by atoms with E-state index in [9.17, 15) is 10.1 Å². The number of rotatable bonds is 5. The van der Waals surface area contributed by atoms with Gasteiger partial charge in [-0.2, -0.15) is 5.26 Å². The SMILES string of the molecule is C#CCOc1ccc(C=C(C#N)C(=O)Nc2cc(Cl)ccc2Cl)cc1Br. The van der Waals surface area contributed by atoms with Gasteiger partial charge in [-0.1, -0.05) is 35.2 Å². The van der Waals surface area contributed by atoms with E-state index in [1.807, 2.05) is 6.07 Å². The van der Waals surface area contributed by atoms with Crippen LogP contribution in [0.2, 0.25) is 10.0 Å². The average Bonchev–Trinajstić information content (AvgIpc) is 2.62. The maximum Gasteiger partial charge on any atom is 0.266 e. The van der Waals surface area contributed by atoms with Crippen molar-refractivity contribution in [1.29, 1.82) is 5.26 Å². The fourth-order valence-corrected chi connectivity index (χ4v) is 2.79. The minimum Gasteiger partial charge on any atom is -0.480 e. The summed E-state index contributed by atoms with van der Waals surface area (Å²) in [6.07, 6.45) is 6.61.